The molecule has 0 radical (unpaired) electrons. The summed E-state index contributed by atoms with van der Waals surface area (Å²) in [6.45, 7) is 23.8. The van der Waals surface area contributed by atoms with Crippen molar-refractivity contribution in [3.63, 3.8) is 0 Å². The molecule has 2 heterocycles. The van der Waals surface area contributed by atoms with Gasteiger partial charge in [0.1, 0.15) is 22.3 Å². The smallest absolute Gasteiger partial charge is 0.136 e. The third kappa shape index (κ3) is 5.20. The van der Waals surface area contributed by atoms with Crippen molar-refractivity contribution < 1.29 is 8.83 Å². The van der Waals surface area contributed by atoms with Crippen LogP contribution in [-0.4, -0.2) is 0 Å². The Labute approximate surface area is 421 Å². The van der Waals surface area contributed by atoms with Crippen molar-refractivity contribution >= 4 is 55.5 Å². The van der Waals surface area contributed by atoms with E-state index in [4.69, 9.17) is 8.83 Å². The van der Waals surface area contributed by atoms with E-state index in [0.29, 0.717) is 0 Å². The number of furan rings is 2. The van der Waals surface area contributed by atoms with E-state index in [0.717, 1.165) is 22.3 Å². The molecule has 2 nitrogen and oxygen atoms in total. The van der Waals surface area contributed by atoms with Crippen molar-refractivity contribution in [2.24, 2.45) is 0 Å². The van der Waals surface area contributed by atoms with Crippen LogP contribution in [0.25, 0.3) is 100 Å². The highest BCUT2D eigenvalue weighted by Gasteiger charge is 2.45. The van der Waals surface area contributed by atoms with Crippen molar-refractivity contribution in [3.8, 4) is 44.5 Å². The molecule has 15 rings (SSSR count). The van der Waals surface area contributed by atoms with Crippen molar-refractivity contribution in [1.82, 2.24) is 0 Å². The Bertz CT molecular complexity index is 4320. The van der Waals surface area contributed by atoms with Crippen LogP contribution in [0.2, 0.25) is 0 Å². The van der Waals surface area contributed by atoms with Gasteiger partial charge in [-0.3, -0.25) is 0 Å². The van der Waals surface area contributed by atoms with Crippen LogP contribution in [0.5, 0.6) is 0 Å². The minimum atomic E-state index is -0.226. The largest absolute Gasteiger partial charge is 0.456 e. The molecule has 2 heteroatoms. The van der Waals surface area contributed by atoms with E-state index < -0.39 is 0 Å². The van der Waals surface area contributed by atoms with Crippen LogP contribution >= 0.6 is 0 Å². The summed E-state index contributed by atoms with van der Waals surface area (Å²) in [4.78, 5) is 0. The fourth-order valence-electron chi connectivity index (χ4n) is 14.5. The van der Waals surface area contributed by atoms with E-state index in [2.05, 4.69) is 227 Å². The van der Waals surface area contributed by atoms with Crippen molar-refractivity contribution in [2.75, 3.05) is 0 Å². The maximum atomic E-state index is 6.47. The van der Waals surface area contributed by atoms with Gasteiger partial charge in [0.05, 0.1) is 0 Å². The Morgan fingerprint density at radius 3 is 1.32 bits per heavy atom. The summed E-state index contributed by atoms with van der Waals surface area (Å²) in [6.07, 6.45) is 2.47. The molecule has 348 valence electrons. The maximum Gasteiger partial charge on any atom is 0.136 e. The molecule has 0 unspecified atom stereocenters. The average Bonchev–Trinajstić information content (AvgIpc) is 4.15. The van der Waals surface area contributed by atoms with Gasteiger partial charge in [0.2, 0.25) is 0 Å². The second kappa shape index (κ2) is 13.6. The van der Waals surface area contributed by atoms with E-state index >= 15 is 0 Å². The third-order valence-corrected chi connectivity index (χ3v) is 18.3. The van der Waals surface area contributed by atoms with E-state index in [1.54, 1.807) is 0 Å². The highest BCUT2D eigenvalue weighted by Crippen LogP contribution is 2.60. The molecular weight excluding hydrogens is 873 g/mol. The summed E-state index contributed by atoms with van der Waals surface area (Å²) in [7, 11) is 0. The third-order valence-electron chi connectivity index (χ3n) is 18.3. The molecule has 0 saturated heterocycles. The van der Waals surface area contributed by atoms with Gasteiger partial charge in [0, 0.05) is 43.2 Å². The number of fused-ring (bicyclic) bond motifs is 20. The highest BCUT2D eigenvalue weighted by atomic mass is 16.3. The first-order chi connectivity index (χ1) is 34.5. The van der Waals surface area contributed by atoms with E-state index in [9.17, 15) is 0 Å². The Hall–Kier alpha value is -7.68. The van der Waals surface area contributed by atoms with Gasteiger partial charge in [0.15, 0.2) is 0 Å². The molecule has 0 bridgehead atoms. The fraction of sp³-hybridized carbons (Fsp3) is 0.200. The summed E-state index contributed by atoms with van der Waals surface area (Å²) in [5.41, 5.74) is 32.4. The molecule has 4 aliphatic rings. The quantitative estimate of drug-likeness (QED) is 0.165. The van der Waals surface area contributed by atoms with Crippen molar-refractivity contribution in [3.05, 3.63) is 224 Å². The van der Waals surface area contributed by atoms with Crippen LogP contribution in [0.3, 0.4) is 0 Å². The van der Waals surface area contributed by atoms with E-state index in [-0.39, 0.29) is 21.7 Å². The number of aryl methyl sites for hydroxylation is 2. The predicted octanol–water partition coefficient (Wildman–Crippen LogP) is 18.9. The first-order valence-corrected chi connectivity index (χ1v) is 25.9. The average molecular weight is 929 g/mol. The predicted molar refractivity (Wildman–Crippen MR) is 301 cm³/mol. The summed E-state index contributed by atoms with van der Waals surface area (Å²) in [5.74, 6) is 0. The lowest BCUT2D eigenvalue weighted by molar-refractivity contribution is 0.650. The number of hydrogen-bond acceptors (Lipinski definition) is 2. The molecule has 0 saturated carbocycles. The van der Waals surface area contributed by atoms with Crippen LogP contribution in [0.15, 0.2) is 160 Å². The lowest BCUT2D eigenvalue weighted by Crippen LogP contribution is -2.17. The van der Waals surface area contributed by atoms with Crippen LogP contribution in [0, 0.1) is 13.8 Å². The minimum absolute atomic E-state index is 0.154. The van der Waals surface area contributed by atoms with Crippen LogP contribution in [-0.2, 0) is 21.7 Å². The first kappa shape index (κ1) is 42.0. The second-order valence-corrected chi connectivity index (χ2v) is 23.7. The van der Waals surface area contributed by atoms with Crippen molar-refractivity contribution in [1.29, 1.82) is 0 Å². The molecule has 0 fully saturated rings. The summed E-state index contributed by atoms with van der Waals surface area (Å²) >= 11 is 0. The normalized spacial score (nSPS) is 16.7. The Morgan fingerprint density at radius 1 is 0.361 bits per heavy atom. The topological polar surface area (TPSA) is 26.3 Å². The summed E-state index contributed by atoms with van der Waals surface area (Å²) in [6, 6.07) is 57.5. The molecule has 0 atom stereocenters. The van der Waals surface area contributed by atoms with Crippen LogP contribution in [0.1, 0.15) is 128 Å². The zero-order chi connectivity index (χ0) is 49.1. The molecule has 9 aromatic carbocycles. The zero-order valence-corrected chi connectivity index (χ0v) is 42.8. The van der Waals surface area contributed by atoms with E-state index in [1.807, 2.05) is 0 Å². The van der Waals surface area contributed by atoms with Crippen LogP contribution < -0.4 is 0 Å². The SMILES string of the molecule is Cc1cccc(C)c1/C(=C\c1ccc2c(c1)C(C)(C)c1cc3c(cc1-2)C(C)(C)c1ccc2oc4ccccc4c2c1-3)c1ccc2c(c1)C(C)(C)c1cc3c(cc1-2)C(C)(C)c1ccc2oc4ccccc4c2c1-3. The van der Waals surface area contributed by atoms with Gasteiger partial charge in [-0.2, -0.15) is 0 Å². The Balaban J connectivity index is 0.862. The molecule has 0 amide bonds. The van der Waals surface area contributed by atoms with Gasteiger partial charge in [-0.1, -0.05) is 152 Å². The standard InChI is InChI=1S/C70H56O2/c1-37-16-15-17-38(2)62(37)45(40-23-25-42-47-34-57-49(36-55(47)70(9,10)53(42)32-40)64-51(68(57,5)6)27-29-61-66(64)44-19-12-14-21-59(44)72-61)30-39-22-24-41-46-33-56-48(35-54(46)69(7,8)52(41)31-39)63-50(67(56,3)4)26-28-60-65(63)43-18-11-13-20-58(43)71-60/h11-36H,1-10H3/b45-30-. The zero-order valence-electron chi connectivity index (χ0n) is 42.8. The lowest BCUT2D eigenvalue weighted by Gasteiger charge is -2.25. The van der Waals surface area contributed by atoms with Gasteiger partial charge in [-0.25, -0.2) is 0 Å². The molecule has 0 spiro atoms. The highest BCUT2D eigenvalue weighted by molar-refractivity contribution is 6.17. The van der Waals surface area contributed by atoms with Crippen LogP contribution in [0.4, 0.5) is 0 Å². The minimum Gasteiger partial charge on any atom is -0.456 e. The maximum absolute atomic E-state index is 6.47. The van der Waals surface area contributed by atoms with Gasteiger partial charge in [0.25, 0.3) is 0 Å². The van der Waals surface area contributed by atoms with Gasteiger partial charge in [-0.05, 0) is 197 Å². The molecule has 2 aromatic heterocycles. The number of hydrogen-bond donors (Lipinski definition) is 0. The van der Waals surface area contributed by atoms with Gasteiger partial charge in [-0.15, -0.1) is 0 Å². The Kier molecular flexibility index (Phi) is 7.96. The Morgan fingerprint density at radius 2 is 0.792 bits per heavy atom. The lowest BCUT2D eigenvalue weighted by atomic mass is 9.78. The van der Waals surface area contributed by atoms with Gasteiger partial charge < -0.3 is 8.83 Å². The van der Waals surface area contributed by atoms with Crippen molar-refractivity contribution in [2.45, 2.75) is 90.9 Å². The molecule has 72 heavy (non-hydrogen) atoms. The molecule has 0 N–H and O–H groups in total. The summed E-state index contributed by atoms with van der Waals surface area (Å²) < 4.78 is 12.9. The second-order valence-electron chi connectivity index (χ2n) is 23.7. The molecule has 11 aromatic rings. The van der Waals surface area contributed by atoms with Gasteiger partial charge >= 0.3 is 0 Å². The molecule has 0 aliphatic heterocycles. The first-order valence-electron chi connectivity index (χ1n) is 25.9. The summed E-state index contributed by atoms with van der Waals surface area (Å²) in [5, 5.41) is 4.84. The van der Waals surface area contributed by atoms with E-state index in [1.165, 1.54) is 144 Å². The number of rotatable bonds is 3. The number of benzene rings is 9. The number of para-hydroxylation sites is 2. The molecular formula is C70H56O2. The fourth-order valence-corrected chi connectivity index (χ4v) is 14.5. The molecule has 4 aliphatic carbocycles. The monoisotopic (exact) mass is 928 g/mol.